The number of imide groups is 1. The molecule has 0 saturated heterocycles. The van der Waals surface area contributed by atoms with Gasteiger partial charge >= 0.3 is 0 Å². The van der Waals surface area contributed by atoms with Gasteiger partial charge in [-0.25, -0.2) is 0 Å². The molecule has 7 heteroatoms. The zero-order valence-electron chi connectivity index (χ0n) is 15.1. The van der Waals surface area contributed by atoms with Gasteiger partial charge in [0.15, 0.2) is 12.4 Å². The van der Waals surface area contributed by atoms with Crippen molar-refractivity contribution < 1.29 is 23.9 Å². The molecule has 0 saturated carbocycles. The maximum atomic E-state index is 12.2. The number of hydrogen-bond acceptors (Lipinski definition) is 6. The van der Waals surface area contributed by atoms with Crippen molar-refractivity contribution >= 4 is 29.9 Å². The van der Waals surface area contributed by atoms with Crippen molar-refractivity contribution in [3.05, 3.63) is 59.7 Å². The van der Waals surface area contributed by atoms with Gasteiger partial charge in [-0.3, -0.25) is 19.7 Å². The van der Waals surface area contributed by atoms with E-state index in [2.05, 4.69) is 5.32 Å². The number of rotatable bonds is 10. The summed E-state index contributed by atoms with van der Waals surface area (Å²) in [6, 6.07) is 14.1. The third-order valence-corrected chi connectivity index (χ3v) is 4.83. The summed E-state index contributed by atoms with van der Waals surface area (Å²) >= 11 is 1.37. The van der Waals surface area contributed by atoms with Crippen molar-refractivity contribution in [2.45, 2.75) is 11.7 Å². The Labute approximate surface area is 162 Å². The van der Waals surface area contributed by atoms with Crippen LogP contribution in [0.15, 0.2) is 48.5 Å². The van der Waals surface area contributed by atoms with Crippen LogP contribution >= 0.6 is 11.8 Å². The molecule has 0 aliphatic heterocycles. The van der Waals surface area contributed by atoms with Gasteiger partial charge in [-0.05, 0) is 42.5 Å². The van der Waals surface area contributed by atoms with Crippen molar-refractivity contribution in [2.24, 2.45) is 0 Å². The second-order valence-electron chi connectivity index (χ2n) is 5.64. The lowest BCUT2D eigenvalue weighted by Gasteiger charge is -2.13. The highest BCUT2D eigenvalue weighted by Crippen LogP contribution is 2.18. The number of amides is 2. The van der Waals surface area contributed by atoms with Gasteiger partial charge in [-0.15, -0.1) is 0 Å². The molecule has 142 valence electrons. The van der Waals surface area contributed by atoms with Crippen LogP contribution in [0.4, 0.5) is 0 Å². The quantitative estimate of drug-likeness (QED) is 0.498. The highest BCUT2D eigenvalue weighted by molar-refractivity contribution is 7.99. The van der Waals surface area contributed by atoms with Crippen molar-refractivity contribution in [2.75, 3.05) is 20.0 Å². The molecular weight excluding hydrogens is 366 g/mol. The van der Waals surface area contributed by atoms with Crippen molar-refractivity contribution in [1.29, 1.82) is 0 Å². The van der Waals surface area contributed by atoms with E-state index in [-0.39, 0.29) is 23.5 Å². The first kappa shape index (κ1) is 20.5. The molecule has 2 amide bonds. The monoisotopic (exact) mass is 387 g/mol. The van der Waals surface area contributed by atoms with Gasteiger partial charge in [0.2, 0.25) is 12.3 Å². The number of hydrogen-bond donors (Lipinski definition) is 1. The molecule has 2 aromatic rings. The van der Waals surface area contributed by atoms with Gasteiger partial charge in [0, 0.05) is 5.56 Å². The Bertz CT molecular complexity index is 791. The molecule has 6 nitrogen and oxygen atoms in total. The molecule has 2 rings (SSSR count). The SMILES string of the molecule is COc1cccc(C(=O)COc2ccc(CC(SC)C(=O)NC=O)cc2)c1. The Kier molecular flexibility index (Phi) is 7.88. The molecule has 0 aromatic heterocycles. The van der Waals surface area contributed by atoms with E-state index in [9.17, 15) is 14.4 Å². The summed E-state index contributed by atoms with van der Waals surface area (Å²) in [4.78, 5) is 34.4. The zero-order chi connectivity index (χ0) is 19.6. The van der Waals surface area contributed by atoms with Crippen LogP contribution in [0.25, 0.3) is 0 Å². The van der Waals surface area contributed by atoms with E-state index in [0.29, 0.717) is 29.9 Å². The average Bonchev–Trinajstić information content (AvgIpc) is 2.71. The minimum atomic E-state index is -0.350. The lowest BCUT2D eigenvalue weighted by atomic mass is 10.1. The molecule has 1 unspecified atom stereocenters. The van der Waals surface area contributed by atoms with E-state index in [0.717, 1.165) is 5.56 Å². The second-order valence-corrected chi connectivity index (χ2v) is 6.68. The van der Waals surface area contributed by atoms with E-state index >= 15 is 0 Å². The molecular formula is C20H21NO5S. The minimum absolute atomic E-state index is 0.0817. The number of ketones is 1. The summed E-state index contributed by atoms with van der Waals surface area (Å²) in [6.07, 6.45) is 2.70. The average molecular weight is 387 g/mol. The molecule has 0 fully saturated rings. The number of methoxy groups -OCH3 is 1. The third kappa shape index (κ3) is 6.14. The van der Waals surface area contributed by atoms with E-state index in [1.165, 1.54) is 11.8 Å². The predicted octanol–water partition coefficient (Wildman–Crippen LogP) is 2.50. The summed E-state index contributed by atoms with van der Waals surface area (Å²) in [5.41, 5.74) is 1.46. The number of carbonyl (C=O) groups is 3. The number of ether oxygens (including phenoxy) is 2. The summed E-state index contributed by atoms with van der Waals surface area (Å²) in [6.45, 7) is -0.0817. The Hall–Kier alpha value is -2.80. The van der Waals surface area contributed by atoms with Crippen LogP contribution in [0.3, 0.4) is 0 Å². The van der Waals surface area contributed by atoms with Crippen LogP contribution in [0, 0.1) is 0 Å². The lowest BCUT2D eigenvalue weighted by Crippen LogP contribution is -2.32. The third-order valence-electron chi connectivity index (χ3n) is 3.88. The smallest absolute Gasteiger partial charge is 0.239 e. The maximum Gasteiger partial charge on any atom is 0.239 e. The first-order valence-corrected chi connectivity index (χ1v) is 9.52. The Balaban J connectivity index is 1.92. The number of nitrogens with one attached hydrogen (secondary N) is 1. The van der Waals surface area contributed by atoms with Crippen molar-refractivity contribution in [1.82, 2.24) is 5.32 Å². The number of thioether (sulfide) groups is 1. The molecule has 27 heavy (non-hydrogen) atoms. The summed E-state index contributed by atoms with van der Waals surface area (Å²) in [5, 5.41) is 1.82. The van der Waals surface area contributed by atoms with Crippen LogP contribution < -0.4 is 14.8 Å². The fourth-order valence-corrected chi connectivity index (χ4v) is 3.04. The normalized spacial score (nSPS) is 11.3. The second kappa shape index (κ2) is 10.4. The molecule has 0 bridgehead atoms. The maximum absolute atomic E-state index is 12.2. The van der Waals surface area contributed by atoms with Gasteiger partial charge in [0.05, 0.1) is 12.4 Å². The molecule has 0 aliphatic rings. The van der Waals surface area contributed by atoms with E-state index in [4.69, 9.17) is 9.47 Å². The minimum Gasteiger partial charge on any atom is -0.497 e. The molecule has 0 heterocycles. The fraction of sp³-hybridized carbons (Fsp3) is 0.250. The Morgan fingerprint density at radius 2 is 1.89 bits per heavy atom. The van der Waals surface area contributed by atoms with Gasteiger partial charge in [0.25, 0.3) is 0 Å². The molecule has 1 atom stereocenters. The van der Waals surface area contributed by atoms with Crippen molar-refractivity contribution in [3.8, 4) is 11.5 Å². The number of carbonyl (C=O) groups excluding carboxylic acids is 3. The molecule has 0 radical (unpaired) electrons. The molecule has 0 spiro atoms. The van der Waals surface area contributed by atoms with Crippen LogP contribution in [-0.2, 0) is 16.0 Å². The van der Waals surface area contributed by atoms with E-state index in [1.807, 2.05) is 18.4 Å². The summed E-state index contributed by atoms with van der Waals surface area (Å²) in [5.74, 6) is 0.716. The number of Topliss-reactive ketones (excluding diaryl/α,β-unsaturated/α-hetero) is 1. The van der Waals surface area contributed by atoms with Crippen LogP contribution in [-0.4, -0.2) is 43.3 Å². The van der Waals surface area contributed by atoms with Crippen LogP contribution in [0.5, 0.6) is 11.5 Å². The molecule has 0 aliphatic carbocycles. The zero-order valence-corrected chi connectivity index (χ0v) is 16.0. The molecule has 2 aromatic carbocycles. The summed E-state index contributed by atoms with van der Waals surface area (Å²) < 4.78 is 10.7. The highest BCUT2D eigenvalue weighted by Gasteiger charge is 2.17. The standard InChI is InChI=1S/C20H21NO5S/c1-25-17-5-3-4-15(11-17)18(23)12-26-16-8-6-14(7-9-16)10-19(27-2)20(24)21-13-22/h3-9,11,13,19H,10,12H2,1-2H3,(H,21,22,24). The van der Waals surface area contributed by atoms with Gasteiger partial charge in [-0.1, -0.05) is 24.3 Å². The lowest BCUT2D eigenvalue weighted by molar-refractivity contribution is -0.124. The van der Waals surface area contributed by atoms with Gasteiger partial charge < -0.3 is 9.47 Å². The van der Waals surface area contributed by atoms with Crippen LogP contribution in [0.1, 0.15) is 15.9 Å². The van der Waals surface area contributed by atoms with Gasteiger partial charge in [0.1, 0.15) is 11.5 Å². The number of benzene rings is 2. The predicted molar refractivity (Wildman–Crippen MR) is 104 cm³/mol. The Morgan fingerprint density at radius 3 is 2.52 bits per heavy atom. The van der Waals surface area contributed by atoms with E-state index < -0.39 is 0 Å². The van der Waals surface area contributed by atoms with Gasteiger partial charge in [-0.2, -0.15) is 11.8 Å². The van der Waals surface area contributed by atoms with Crippen molar-refractivity contribution in [3.63, 3.8) is 0 Å². The van der Waals surface area contributed by atoms with E-state index in [1.54, 1.807) is 43.5 Å². The Morgan fingerprint density at radius 1 is 1.15 bits per heavy atom. The first-order chi connectivity index (χ1) is 13.1. The topological polar surface area (TPSA) is 81.7 Å². The summed E-state index contributed by atoms with van der Waals surface area (Å²) in [7, 11) is 1.55. The van der Waals surface area contributed by atoms with Crippen LogP contribution in [0.2, 0.25) is 0 Å². The largest absolute Gasteiger partial charge is 0.497 e. The fourth-order valence-electron chi connectivity index (χ4n) is 2.40. The highest BCUT2D eigenvalue weighted by atomic mass is 32.2. The molecule has 1 N–H and O–H groups in total. The first-order valence-electron chi connectivity index (χ1n) is 8.23.